The van der Waals surface area contributed by atoms with Gasteiger partial charge in [0.15, 0.2) is 0 Å². The fourth-order valence-electron chi connectivity index (χ4n) is 5.61. The van der Waals surface area contributed by atoms with Crippen molar-refractivity contribution in [1.82, 2.24) is 16.0 Å². The van der Waals surface area contributed by atoms with Crippen LogP contribution in [0.15, 0.2) is 0 Å². The van der Waals surface area contributed by atoms with Crippen LogP contribution in [0.25, 0.3) is 0 Å². The number of Topliss-reactive ketones (excluding diaryl/α,β-unsaturated/α-hetero) is 3. The van der Waals surface area contributed by atoms with Crippen molar-refractivity contribution in [1.29, 1.82) is 0 Å². The molecular weight excluding hydrogens is 698 g/mol. The number of carboxylic acid groups (broad SMARTS) is 4. The zero-order valence-corrected chi connectivity index (χ0v) is 31.0. The maximum atomic E-state index is 12.6. The second-order valence-electron chi connectivity index (χ2n) is 13.1. The number of nitrogens with one attached hydrogen (secondary N) is 3. The molecule has 53 heavy (non-hydrogen) atoms. The molecule has 5 atom stereocenters. The third kappa shape index (κ3) is 22.1. The van der Waals surface area contributed by atoms with Gasteiger partial charge in [0.05, 0.1) is 11.8 Å². The number of unbranched alkanes of at least 4 members (excludes halogenated alkanes) is 1. The molecule has 300 valence electrons. The maximum absolute atomic E-state index is 12.6. The van der Waals surface area contributed by atoms with Crippen LogP contribution in [0.4, 0.5) is 0 Å². The number of aliphatic carboxylic acids is 4. The van der Waals surface area contributed by atoms with Crippen LogP contribution in [0.1, 0.15) is 130 Å². The molecule has 0 aliphatic carbocycles. The molecule has 0 saturated heterocycles. The van der Waals surface area contributed by atoms with E-state index in [4.69, 9.17) is 0 Å². The molecule has 0 bridgehead atoms. The van der Waals surface area contributed by atoms with Gasteiger partial charge >= 0.3 is 23.9 Å². The summed E-state index contributed by atoms with van der Waals surface area (Å²) in [5.41, 5.74) is 0. The quantitative estimate of drug-likeness (QED) is 0.0486. The highest BCUT2D eigenvalue weighted by atomic mass is 16.4. The maximum Gasteiger partial charge on any atom is 0.326 e. The van der Waals surface area contributed by atoms with Gasteiger partial charge in [-0.05, 0) is 51.4 Å². The Morgan fingerprint density at radius 2 is 0.943 bits per heavy atom. The highest BCUT2D eigenvalue weighted by molar-refractivity contribution is 5.88. The summed E-state index contributed by atoms with van der Waals surface area (Å²) in [5.74, 6) is -10.8. The topological polar surface area (TPSA) is 288 Å². The van der Waals surface area contributed by atoms with Crippen molar-refractivity contribution < 1.29 is 68.4 Å². The minimum Gasteiger partial charge on any atom is -0.481 e. The van der Waals surface area contributed by atoms with E-state index in [9.17, 15) is 68.4 Å². The summed E-state index contributed by atoms with van der Waals surface area (Å²) in [6.45, 7) is 5.87. The first kappa shape index (κ1) is 48.3. The molecule has 0 aromatic heterocycles. The van der Waals surface area contributed by atoms with Crippen molar-refractivity contribution in [2.75, 3.05) is 6.54 Å². The Morgan fingerprint density at radius 1 is 0.491 bits per heavy atom. The van der Waals surface area contributed by atoms with Gasteiger partial charge in [-0.1, -0.05) is 27.2 Å². The van der Waals surface area contributed by atoms with Crippen molar-refractivity contribution in [2.45, 2.75) is 142 Å². The SMILES string of the molecule is CCCC(=O)C[C@@H](CCC(=O)N[C@@H](CCC(=O)C[C@@H](CCC(=O)N[C@@H](CCC(=O)NCCCC[C@H](CC)C(=O)CC)C(=O)O)C(=O)O)C(=O)O)C(=O)O. The standard InChI is InChI=1S/C36H57N3O14/c1-4-9-25(40)20-23(33(46)47)11-16-31(44)38-27(35(50)51)14-13-26(41)21-24(34(48)49)12-17-32(45)39-28(36(52)53)15-18-30(43)37-19-8-7-10-22(5-2)29(42)6-3/h22-24,27-28H,4-21H2,1-3H3,(H,37,43)(H,38,44)(H,39,45)(H,46,47)(H,48,49)(H,50,51)(H,52,53)/t22-,23+,24+,27-,28-/m0/s1. The Balaban J connectivity index is 4.82. The van der Waals surface area contributed by atoms with E-state index in [1.54, 1.807) is 6.92 Å². The second kappa shape index (κ2) is 27.0. The zero-order chi connectivity index (χ0) is 40.5. The number of carbonyl (C=O) groups is 10. The molecular formula is C36H57N3O14. The van der Waals surface area contributed by atoms with Gasteiger partial charge in [0.2, 0.25) is 17.7 Å². The van der Waals surface area contributed by atoms with Gasteiger partial charge < -0.3 is 36.4 Å². The Kier molecular flexibility index (Phi) is 24.6. The molecule has 17 heteroatoms. The molecule has 3 amide bonds. The molecule has 0 aliphatic rings. The summed E-state index contributed by atoms with van der Waals surface area (Å²) >= 11 is 0. The Labute approximate surface area is 309 Å². The molecule has 0 aromatic rings. The number of rotatable bonds is 32. The largest absolute Gasteiger partial charge is 0.481 e. The van der Waals surface area contributed by atoms with Crippen LogP contribution >= 0.6 is 0 Å². The monoisotopic (exact) mass is 755 g/mol. The molecule has 0 rings (SSSR count). The highest BCUT2D eigenvalue weighted by Crippen LogP contribution is 2.18. The van der Waals surface area contributed by atoms with E-state index >= 15 is 0 Å². The van der Waals surface area contributed by atoms with Crippen LogP contribution in [0.2, 0.25) is 0 Å². The number of amides is 3. The zero-order valence-electron chi connectivity index (χ0n) is 31.0. The van der Waals surface area contributed by atoms with Crippen molar-refractivity contribution in [2.24, 2.45) is 17.8 Å². The van der Waals surface area contributed by atoms with E-state index in [0.29, 0.717) is 25.8 Å². The first-order valence-corrected chi connectivity index (χ1v) is 18.3. The van der Waals surface area contributed by atoms with E-state index in [-0.39, 0.29) is 62.4 Å². The summed E-state index contributed by atoms with van der Waals surface area (Å²) in [4.78, 5) is 120. The minimum absolute atomic E-state index is 0.00491. The average molecular weight is 756 g/mol. The molecule has 0 aromatic carbocycles. The molecule has 0 radical (unpaired) electrons. The molecule has 0 spiro atoms. The van der Waals surface area contributed by atoms with Crippen molar-refractivity contribution in [3.8, 4) is 0 Å². The van der Waals surface area contributed by atoms with Gasteiger partial charge in [-0.15, -0.1) is 0 Å². The van der Waals surface area contributed by atoms with E-state index in [2.05, 4.69) is 16.0 Å². The smallest absolute Gasteiger partial charge is 0.326 e. The van der Waals surface area contributed by atoms with Gasteiger partial charge in [0, 0.05) is 63.8 Å². The van der Waals surface area contributed by atoms with Gasteiger partial charge in [0.1, 0.15) is 29.4 Å². The number of hydrogen-bond donors (Lipinski definition) is 7. The molecule has 0 aliphatic heterocycles. The summed E-state index contributed by atoms with van der Waals surface area (Å²) in [7, 11) is 0. The summed E-state index contributed by atoms with van der Waals surface area (Å²) in [6.07, 6.45) is 0.619. The molecule has 0 fully saturated rings. The van der Waals surface area contributed by atoms with Gasteiger partial charge in [-0.2, -0.15) is 0 Å². The Morgan fingerprint density at radius 3 is 1.36 bits per heavy atom. The molecule has 7 N–H and O–H groups in total. The van der Waals surface area contributed by atoms with Crippen LogP contribution in [-0.4, -0.2) is 98.0 Å². The normalized spacial score (nSPS) is 13.7. The molecule has 0 saturated carbocycles. The predicted molar refractivity (Wildman–Crippen MR) is 188 cm³/mol. The fraction of sp³-hybridized carbons (Fsp3) is 0.722. The first-order valence-electron chi connectivity index (χ1n) is 18.3. The third-order valence-corrected chi connectivity index (χ3v) is 8.85. The number of ketones is 3. The summed E-state index contributed by atoms with van der Waals surface area (Å²) in [6, 6.07) is -2.96. The fourth-order valence-corrected chi connectivity index (χ4v) is 5.61. The van der Waals surface area contributed by atoms with Crippen LogP contribution < -0.4 is 16.0 Å². The van der Waals surface area contributed by atoms with Gasteiger partial charge in [-0.3, -0.25) is 38.4 Å². The van der Waals surface area contributed by atoms with Gasteiger partial charge in [0.25, 0.3) is 0 Å². The van der Waals surface area contributed by atoms with E-state index in [1.807, 2.05) is 13.8 Å². The highest BCUT2D eigenvalue weighted by Gasteiger charge is 2.28. The number of hydrogen-bond acceptors (Lipinski definition) is 10. The number of carboxylic acids is 4. The van der Waals surface area contributed by atoms with Crippen LogP contribution in [0, 0.1) is 17.8 Å². The summed E-state index contributed by atoms with van der Waals surface area (Å²) in [5, 5.41) is 45.1. The van der Waals surface area contributed by atoms with E-state index in [1.165, 1.54) is 0 Å². The van der Waals surface area contributed by atoms with Crippen LogP contribution in [0.5, 0.6) is 0 Å². The van der Waals surface area contributed by atoms with Crippen LogP contribution in [0.3, 0.4) is 0 Å². The molecule has 17 nitrogen and oxygen atoms in total. The lowest BCUT2D eigenvalue weighted by molar-refractivity contribution is -0.145. The van der Waals surface area contributed by atoms with Crippen LogP contribution in [-0.2, 0) is 47.9 Å². The number of carbonyl (C=O) groups excluding carboxylic acids is 6. The van der Waals surface area contributed by atoms with E-state index in [0.717, 1.165) is 19.3 Å². The van der Waals surface area contributed by atoms with Crippen molar-refractivity contribution >= 4 is 58.9 Å². The van der Waals surface area contributed by atoms with E-state index < -0.39 is 97.0 Å². The molecule has 0 unspecified atom stereocenters. The lowest BCUT2D eigenvalue weighted by Crippen LogP contribution is -2.42. The average Bonchev–Trinajstić information content (AvgIpc) is 3.09. The second-order valence-corrected chi connectivity index (χ2v) is 13.1. The minimum atomic E-state index is -1.53. The Hall–Kier alpha value is -4.70. The van der Waals surface area contributed by atoms with Crippen molar-refractivity contribution in [3.05, 3.63) is 0 Å². The van der Waals surface area contributed by atoms with Crippen molar-refractivity contribution in [3.63, 3.8) is 0 Å². The summed E-state index contributed by atoms with van der Waals surface area (Å²) < 4.78 is 0. The Bertz CT molecular complexity index is 1280. The first-order chi connectivity index (χ1) is 24.9. The molecule has 0 heterocycles. The van der Waals surface area contributed by atoms with Gasteiger partial charge in [-0.25, -0.2) is 9.59 Å². The lowest BCUT2D eigenvalue weighted by Gasteiger charge is -2.17. The lowest BCUT2D eigenvalue weighted by atomic mass is 9.93. The third-order valence-electron chi connectivity index (χ3n) is 8.85. The predicted octanol–water partition coefficient (Wildman–Crippen LogP) is 2.66.